The Kier molecular flexibility index (Phi) is 8.09. The molecule has 9 heteroatoms. The van der Waals surface area contributed by atoms with Gasteiger partial charge in [-0.2, -0.15) is 0 Å². The molecule has 1 aromatic heterocycles. The average Bonchev–Trinajstić information content (AvgIpc) is 3.06. The standard InChI is InChI=1S/C23H35FN4O3S/c1-16(2)13-27(21(29)26-23(5,6)7)14-20-12-25-22(28(20)17(3)4)32(30,31)15-18-8-10-19(24)11-9-18/h8-12,16-17H,13-15H2,1-7H3,(H,26,29). The lowest BCUT2D eigenvalue weighted by molar-refractivity contribution is 0.177. The fraction of sp³-hybridized carbons (Fsp3) is 0.565. The quantitative estimate of drug-likeness (QED) is 0.619. The third-order valence-corrected chi connectivity index (χ3v) is 6.18. The van der Waals surface area contributed by atoms with E-state index in [1.165, 1.54) is 30.5 Å². The van der Waals surface area contributed by atoms with Crippen molar-refractivity contribution in [1.82, 2.24) is 19.8 Å². The predicted molar refractivity (Wildman–Crippen MR) is 123 cm³/mol. The summed E-state index contributed by atoms with van der Waals surface area (Å²) in [7, 11) is -3.78. The molecule has 0 aliphatic carbocycles. The predicted octanol–water partition coefficient (Wildman–Crippen LogP) is 4.54. The van der Waals surface area contributed by atoms with E-state index in [4.69, 9.17) is 0 Å². The number of carbonyl (C=O) groups is 1. The summed E-state index contributed by atoms with van der Waals surface area (Å²) < 4.78 is 41.1. The smallest absolute Gasteiger partial charge is 0.318 e. The second-order valence-electron chi connectivity index (χ2n) is 9.84. The molecule has 2 aromatic rings. The third kappa shape index (κ3) is 7.05. The number of imidazole rings is 1. The topological polar surface area (TPSA) is 84.3 Å². The van der Waals surface area contributed by atoms with Crippen molar-refractivity contribution in [2.75, 3.05) is 6.54 Å². The summed E-state index contributed by atoms with van der Waals surface area (Å²) in [4.78, 5) is 18.8. The van der Waals surface area contributed by atoms with E-state index in [1.807, 2.05) is 48.5 Å². The van der Waals surface area contributed by atoms with Crippen LogP contribution in [-0.2, 0) is 22.1 Å². The molecule has 0 saturated carbocycles. The zero-order valence-corrected chi connectivity index (χ0v) is 20.8. The van der Waals surface area contributed by atoms with Gasteiger partial charge in [0.25, 0.3) is 0 Å². The molecule has 178 valence electrons. The van der Waals surface area contributed by atoms with Crippen LogP contribution < -0.4 is 5.32 Å². The average molecular weight is 467 g/mol. The number of nitrogens with zero attached hydrogens (tertiary/aromatic N) is 3. The van der Waals surface area contributed by atoms with Gasteiger partial charge in [-0.15, -0.1) is 0 Å². The molecule has 2 amide bonds. The second kappa shape index (κ2) is 10.0. The lowest BCUT2D eigenvalue weighted by Gasteiger charge is -2.30. The number of aromatic nitrogens is 2. The van der Waals surface area contributed by atoms with Crippen LogP contribution in [0, 0.1) is 11.7 Å². The maximum Gasteiger partial charge on any atom is 0.318 e. The van der Waals surface area contributed by atoms with Crippen molar-refractivity contribution >= 4 is 15.9 Å². The lowest BCUT2D eigenvalue weighted by Crippen LogP contribution is -2.49. The molecule has 0 spiro atoms. The molecule has 2 rings (SSSR count). The number of rotatable bonds is 8. The number of nitrogens with one attached hydrogen (secondary N) is 1. The number of hydrogen-bond acceptors (Lipinski definition) is 4. The number of halogens is 1. The van der Waals surface area contributed by atoms with Gasteiger partial charge in [-0.1, -0.05) is 26.0 Å². The van der Waals surface area contributed by atoms with Crippen molar-refractivity contribution < 1.29 is 17.6 Å². The molecule has 32 heavy (non-hydrogen) atoms. The van der Waals surface area contributed by atoms with Gasteiger partial charge in [-0.25, -0.2) is 22.6 Å². The number of benzene rings is 1. The van der Waals surface area contributed by atoms with E-state index in [0.29, 0.717) is 17.8 Å². The first kappa shape index (κ1) is 25.8. The SMILES string of the molecule is CC(C)CN(Cc1cnc(S(=O)(=O)Cc2ccc(F)cc2)n1C(C)C)C(=O)NC(C)(C)C. The van der Waals surface area contributed by atoms with Crippen LogP contribution in [0.5, 0.6) is 0 Å². The number of sulfone groups is 1. The van der Waals surface area contributed by atoms with Crippen molar-refractivity contribution in [3.63, 3.8) is 0 Å². The van der Waals surface area contributed by atoms with Crippen LogP contribution in [-0.4, -0.2) is 41.0 Å². The molecule has 0 aliphatic rings. The van der Waals surface area contributed by atoms with E-state index < -0.39 is 21.2 Å². The molecule has 1 N–H and O–H groups in total. The molecule has 1 heterocycles. The van der Waals surface area contributed by atoms with Crippen LogP contribution in [0.4, 0.5) is 9.18 Å². The molecule has 0 radical (unpaired) electrons. The number of urea groups is 1. The van der Waals surface area contributed by atoms with Gasteiger partial charge in [0, 0.05) is 18.1 Å². The van der Waals surface area contributed by atoms with Gasteiger partial charge in [0.15, 0.2) is 0 Å². The van der Waals surface area contributed by atoms with Crippen molar-refractivity contribution in [3.8, 4) is 0 Å². The molecular formula is C23H35FN4O3S. The number of hydrogen-bond donors (Lipinski definition) is 1. The molecular weight excluding hydrogens is 431 g/mol. The van der Waals surface area contributed by atoms with Crippen LogP contribution in [0.1, 0.15) is 65.8 Å². The third-order valence-electron chi connectivity index (χ3n) is 4.61. The Bertz CT molecular complexity index is 1020. The highest BCUT2D eigenvalue weighted by atomic mass is 32.2. The number of carbonyl (C=O) groups excluding carboxylic acids is 1. The fourth-order valence-corrected chi connectivity index (χ4v) is 5.00. The van der Waals surface area contributed by atoms with Crippen LogP contribution in [0.2, 0.25) is 0 Å². The van der Waals surface area contributed by atoms with Crippen LogP contribution in [0.3, 0.4) is 0 Å². The van der Waals surface area contributed by atoms with E-state index in [-0.39, 0.29) is 35.4 Å². The maximum absolute atomic E-state index is 13.2. The minimum atomic E-state index is -3.78. The minimum Gasteiger partial charge on any atom is -0.333 e. The van der Waals surface area contributed by atoms with Gasteiger partial charge in [0.2, 0.25) is 15.0 Å². The van der Waals surface area contributed by atoms with Gasteiger partial charge in [0.05, 0.1) is 24.2 Å². The summed E-state index contributed by atoms with van der Waals surface area (Å²) in [5, 5.41) is 2.93. The van der Waals surface area contributed by atoms with Crippen molar-refractivity contribution in [3.05, 3.63) is 47.5 Å². The molecule has 0 aliphatic heterocycles. The van der Waals surface area contributed by atoms with E-state index in [1.54, 1.807) is 9.47 Å². The highest BCUT2D eigenvalue weighted by Gasteiger charge is 2.28. The van der Waals surface area contributed by atoms with Crippen molar-refractivity contribution in [2.45, 2.75) is 77.5 Å². The molecule has 1 aromatic carbocycles. The van der Waals surface area contributed by atoms with Gasteiger partial charge in [0.1, 0.15) is 5.82 Å². The van der Waals surface area contributed by atoms with Crippen molar-refractivity contribution in [1.29, 1.82) is 0 Å². The Labute approximate surface area is 190 Å². The van der Waals surface area contributed by atoms with E-state index in [9.17, 15) is 17.6 Å². The molecule has 0 bridgehead atoms. The van der Waals surface area contributed by atoms with E-state index >= 15 is 0 Å². The fourth-order valence-electron chi connectivity index (χ4n) is 3.40. The minimum absolute atomic E-state index is 0.0486. The zero-order valence-electron chi connectivity index (χ0n) is 20.0. The van der Waals surface area contributed by atoms with Gasteiger partial charge < -0.3 is 14.8 Å². The summed E-state index contributed by atoms with van der Waals surface area (Å²) in [6, 6.07) is 5.00. The number of amides is 2. The highest BCUT2D eigenvalue weighted by molar-refractivity contribution is 7.90. The summed E-state index contributed by atoms with van der Waals surface area (Å²) in [6.07, 6.45) is 1.52. The van der Waals surface area contributed by atoms with Gasteiger partial charge in [-0.05, 0) is 58.2 Å². The van der Waals surface area contributed by atoms with Crippen molar-refractivity contribution in [2.24, 2.45) is 5.92 Å². The highest BCUT2D eigenvalue weighted by Crippen LogP contribution is 2.23. The van der Waals surface area contributed by atoms with E-state index in [0.717, 1.165) is 0 Å². The zero-order chi connectivity index (χ0) is 24.3. The Hall–Kier alpha value is -2.42. The summed E-state index contributed by atoms with van der Waals surface area (Å²) >= 11 is 0. The molecule has 0 fully saturated rings. The van der Waals surface area contributed by atoms with Crippen LogP contribution >= 0.6 is 0 Å². The Balaban J connectivity index is 2.38. The maximum atomic E-state index is 13.2. The first-order valence-electron chi connectivity index (χ1n) is 10.8. The monoisotopic (exact) mass is 466 g/mol. The van der Waals surface area contributed by atoms with Gasteiger partial charge >= 0.3 is 6.03 Å². The van der Waals surface area contributed by atoms with Crippen LogP contribution in [0.25, 0.3) is 0 Å². The summed E-state index contributed by atoms with van der Waals surface area (Å²) in [6.45, 7) is 14.3. The summed E-state index contributed by atoms with van der Waals surface area (Å²) in [5.74, 6) is -0.467. The molecule has 7 nitrogen and oxygen atoms in total. The Morgan fingerprint density at radius 1 is 1.16 bits per heavy atom. The molecule has 0 unspecified atom stereocenters. The Morgan fingerprint density at radius 2 is 1.75 bits per heavy atom. The normalized spacial score (nSPS) is 12.4. The first-order chi connectivity index (χ1) is 14.7. The Morgan fingerprint density at radius 3 is 2.25 bits per heavy atom. The largest absolute Gasteiger partial charge is 0.333 e. The summed E-state index contributed by atoms with van der Waals surface area (Å²) in [5.41, 5.74) is 0.730. The molecule has 0 atom stereocenters. The second-order valence-corrected chi connectivity index (χ2v) is 11.7. The lowest BCUT2D eigenvalue weighted by atomic mass is 10.1. The van der Waals surface area contributed by atoms with Gasteiger partial charge in [-0.3, -0.25) is 0 Å². The molecule has 0 saturated heterocycles. The van der Waals surface area contributed by atoms with E-state index in [2.05, 4.69) is 10.3 Å². The van der Waals surface area contributed by atoms with Crippen LogP contribution in [0.15, 0.2) is 35.6 Å². The first-order valence-corrected chi connectivity index (χ1v) is 12.4.